The number of non-ortho nitro benzene ring substituents is 1. The van der Waals surface area contributed by atoms with Crippen LogP contribution in [0.2, 0.25) is 0 Å². The molecule has 1 N–H and O–H groups in total. The van der Waals surface area contributed by atoms with Gasteiger partial charge in [-0.15, -0.1) is 0 Å². The molecule has 0 aliphatic carbocycles. The lowest BCUT2D eigenvalue weighted by molar-refractivity contribution is -0.384. The van der Waals surface area contributed by atoms with Crippen molar-refractivity contribution in [2.75, 3.05) is 24.6 Å². The molecule has 0 bridgehead atoms. The number of benzene rings is 1. The summed E-state index contributed by atoms with van der Waals surface area (Å²) < 4.78 is 5.46. The summed E-state index contributed by atoms with van der Waals surface area (Å²) in [6.45, 7) is 5.14. The van der Waals surface area contributed by atoms with Gasteiger partial charge in [0, 0.05) is 30.9 Å². The van der Waals surface area contributed by atoms with Crippen molar-refractivity contribution >= 4 is 17.3 Å². The van der Waals surface area contributed by atoms with E-state index in [2.05, 4.69) is 0 Å². The molecule has 0 unspecified atom stereocenters. The number of carboxylic acids is 1. The van der Waals surface area contributed by atoms with Gasteiger partial charge in [-0.1, -0.05) is 6.92 Å². The van der Waals surface area contributed by atoms with Gasteiger partial charge in [0.15, 0.2) is 0 Å². The lowest BCUT2D eigenvalue weighted by Gasteiger charge is -2.22. The highest BCUT2D eigenvalue weighted by molar-refractivity contribution is 5.68. The van der Waals surface area contributed by atoms with Crippen LogP contribution in [0.15, 0.2) is 18.2 Å². The van der Waals surface area contributed by atoms with Gasteiger partial charge in [0.2, 0.25) is 0 Å². The molecule has 0 spiro atoms. The molecule has 1 rings (SSSR count). The second-order valence-corrected chi connectivity index (χ2v) is 4.51. The monoisotopic (exact) mass is 296 g/mol. The first-order valence-electron chi connectivity index (χ1n) is 6.87. The number of nitro groups is 1. The van der Waals surface area contributed by atoms with E-state index in [0.717, 1.165) is 6.42 Å². The van der Waals surface area contributed by atoms with E-state index >= 15 is 0 Å². The molecule has 0 aliphatic rings. The number of anilines is 1. The second kappa shape index (κ2) is 8.08. The Morgan fingerprint density at radius 2 is 2.10 bits per heavy atom. The fourth-order valence-electron chi connectivity index (χ4n) is 1.86. The Kier molecular flexibility index (Phi) is 6.45. The van der Waals surface area contributed by atoms with E-state index in [-0.39, 0.29) is 12.1 Å². The van der Waals surface area contributed by atoms with E-state index in [1.165, 1.54) is 12.1 Å². The van der Waals surface area contributed by atoms with Crippen molar-refractivity contribution in [3.05, 3.63) is 28.3 Å². The average molecular weight is 296 g/mol. The van der Waals surface area contributed by atoms with E-state index in [1.807, 2.05) is 13.8 Å². The summed E-state index contributed by atoms with van der Waals surface area (Å²) in [4.78, 5) is 23.0. The van der Waals surface area contributed by atoms with Gasteiger partial charge in [0.1, 0.15) is 5.75 Å². The van der Waals surface area contributed by atoms with E-state index in [0.29, 0.717) is 31.1 Å². The van der Waals surface area contributed by atoms with Gasteiger partial charge in [0.05, 0.1) is 24.0 Å². The zero-order valence-corrected chi connectivity index (χ0v) is 12.2. The number of ether oxygens (including phenoxy) is 1. The predicted molar refractivity (Wildman–Crippen MR) is 79.0 cm³/mol. The Balaban J connectivity index is 3.03. The maximum atomic E-state index is 11.0. The van der Waals surface area contributed by atoms with Crippen LogP contribution in [0.4, 0.5) is 11.4 Å². The smallest absolute Gasteiger partial charge is 0.305 e. The third kappa shape index (κ3) is 5.29. The lowest BCUT2D eigenvalue weighted by Crippen LogP contribution is -2.25. The molecular weight excluding hydrogens is 276 g/mol. The SMILES string of the molecule is CCCOc1cc(N(CC)CCC(=O)O)cc([N+](=O)[O-])c1. The number of carboxylic acid groups (broad SMARTS) is 1. The molecule has 1 aromatic carbocycles. The van der Waals surface area contributed by atoms with Crippen LogP contribution >= 0.6 is 0 Å². The normalized spacial score (nSPS) is 10.2. The minimum Gasteiger partial charge on any atom is -0.493 e. The number of hydrogen-bond acceptors (Lipinski definition) is 5. The number of nitro benzene ring substituents is 1. The summed E-state index contributed by atoms with van der Waals surface area (Å²) in [5, 5.41) is 19.8. The second-order valence-electron chi connectivity index (χ2n) is 4.51. The van der Waals surface area contributed by atoms with Gasteiger partial charge in [-0.2, -0.15) is 0 Å². The van der Waals surface area contributed by atoms with Crippen molar-refractivity contribution in [1.29, 1.82) is 0 Å². The fourth-order valence-corrected chi connectivity index (χ4v) is 1.86. The highest BCUT2D eigenvalue weighted by Gasteiger charge is 2.15. The van der Waals surface area contributed by atoms with Crippen LogP contribution in [-0.2, 0) is 4.79 Å². The van der Waals surface area contributed by atoms with Crippen LogP contribution < -0.4 is 9.64 Å². The Morgan fingerprint density at radius 1 is 1.38 bits per heavy atom. The van der Waals surface area contributed by atoms with Gasteiger partial charge in [0.25, 0.3) is 5.69 Å². The van der Waals surface area contributed by atoms with Crippen molar-refractivity contribution in [2.24, 2.45) is 0 Å². The molecule has 21 heavy (non-hydrogen) atoms. The molecule has 1 aromatic rings. The first kappa shape index (κ1) is 16.7. The molecule has 0 fully saturated rings. The van der Waals surface area contributed by atoms with E-state index in [1.54, 1.807) is 11.0 Å². The third-order valence-electron chi connectivity index (χ3n) is 2.90. The zero-order valence-electron chi connectivity index (χ0n) is 12.2. The molecule has 116 valence electrons. The van der Waals surface area contributed by atoms with Crippen molar-refractivity contribution < 1.29 is 19.6 Å². The molecule has 0 radical (unpaired) electrons. The first-order chi connectivity index (χ1) is 9.97. The minimum absolute atomic E-state index is 0.0261. The van der Waals surface area contributed by atoms with Gasteiger partial charge in [-0.05, 0) is 13.3 Å². The van der Waals surface area contributed by atoms with Crippen LogP contribution in [0.25, 0.3) is 0 Å². The van der Waals surface area contributed by atoms with Gasteiger partial charge < -0.3 is 14.7 Å². The van der Waals surface area contributed by atoms with Gasteiger partial charge in [-0.3, -0.25) is 14.9 Å². The summed E-state index contributed by atoms with van der Waals surface area (Å²) in [5.41, 5.74) is 0.534. The third-order valence-corrected chi connectivity index (χ3v) is 2.90. The van der Waals surface area contributed by atoms with Gasteiger partial charge >= 0.3 is 5.97 Å². The predicted octanol–water partition coefficient (Wildman–Crippen LogP) is 2.68. The molecule has 0 atom stereocenters. The van der Waals surface area contributed by atoms with Crippen LogP contribution in [-0.4, -0.2) is 35.7 Å². The average Bonchev–Trinajstić information content (AvgIpc) is 2.45. The molecular formula is C14H20N2O5. The molecule has 0 aliphatic heterocycles. The summed E-state index contributed by atoms with van der Waals surface area (Å²) >= 11 is 0. The Hall–Kier alpha value is -2.31. The highest BCUT2D eigenvalue weighted by atomic mass is 16.6. The summed E-state index contributed by atoms with van der Waals surface area (Å²) in [6.07, 6.45) is 0.774. The zero-order chi connectivity index (χ0) is 15.8. The van der Waals surface area contributed by atoms with Gasteiger partial charge in [-0.25, -0.2) is 0 Å². The summed E-state index contributed by atoms with van der Waals surface area (Å²) in [5.74, 6) is -0.476. The fraction of sp³-hybridized carbons (Fsp3) is 0.500. The number of aliphatic carboxylic acids is 1. The highest BCUT2D eigenvalue weighted by Crippen LogP contribution is 2.28. The Labute approximate surface area is 123 Å². The quantitative estimate of drug-likeness (QED) is 0.556. The molecule has 0 aromatic heterocycles. The molecule has 0 amide bonds. The van der Waals surface area contributed by atoms with Crippen LogP contribution in [0, 0.1) is 10.1 Å². The Morgan fingerprint density at radius 3 is 2.62 bits per heavy atom. The van der Waals surface area contributed by atoms with Crippen LogP contribution in [0.5, 0.6) is 5.75 Å². The Bertz CT molecular complexity index is 504. The number of nitrogens with zero attached hydrogens (tertiary/aromatic N) is 2. The maximum absolute atomic E-state index is 11.0. The molecule has 7 heteroatoms. The topological polar surface area (TPSA) is 92.9 Å². The van der Waals surface area contributed by atoms with Crippen molar-refractivity contribution in [3.63, 3.8) is 0 Å². The van der Waals surface area contributed by atoms with Crippen molar-refractivity contribution in [3.8, 4) is 5.75 Å². The molecule has 0 saturated heterocycles. The first-order valence-corrected chi connectivity index (χ1v) is 6.87. The molecule has 0 heterocycles. The van der Waals surface area contributed by atoms with E-state index in [4.69, 9.17) is 9.84 Å². The maximum Gasteiger partial charge on any atom is 0.305 e. The standard InChI is InChI=1S/C14H20N2O5/c1-3-7-21-13-9-11(8-12(10-13)16(19)20)15(4-2)6-5-14(17)18/h8-10H,3-7H2,1-2H3,(H,17,18). The van der Waals surface area contributed by atoms with Crippen molar-refractivity contribution in [1.82, 2.24) is 0 Å². The largest absolute Gasteiger partial charge is 0.493 e. The molecule has 0 saturated carbocycles. The van der Waals surface area contributed by atoms with E-state index < -0.39 is 10.9 Å². The summed E-state index contributed by atoms with van der Waals surface area (Å²) in [6, 6.07) is 4.52. The molecule has 7 nitrogen and oxygen atoms in total. The lowest BCUT2D eigenvalue weighted by atomic mass is 10.2. The number of hydrogen-bond donors (Lipinski definition) is 1. The van der Waals surface area contributed by atoms with Crippen molar-refractivity contribution in [2.45, 2.75) is 26.7 Å². The number of rotatable bonds is 9. The van der Waals surface area contributed by atoms with E-state index in [9.17, 15) is 14.9 Å². The summed E-state index contributed by atoms with van der Waals surface area (Å²) in [7, 11) is 0. The minimum atomic E-state index is -0.902. The number of carbonyl (C=O) groups is 1. The van der Waals surface area contributed by atoms with Crippen LogP contribution in [0.3, 0.4) is 0 Å². The van der Waals surface area contributed by atoms with Crippen LogP contribution in [0.1, 0.15) is 26.7 Å².